The van der Waals surface area contributed by atoms with E-state index in [9.17, 15) is 4.79 Å². The summed E-state index contributed by atoms with van der Waals surface area (Å²) in [5, 5.41) is 9.02. The summed E-state index contributed by atoms with van der Waals surface area (Å²) in [6.07, 6.45) is 1.50. The van der Waals surface area contributed by atoms with Gasteiger partial charge in [0.1, 0.15) is 5.52 Å². The first kappa shape index (κ1) is 9.65. The number of oxazole rings is 1. The lowest BCUT2D eigenvalue weighted by atomic mass is 10.2. The molecule has 0 saturated heterocycles. The summed E-state index contributed by atoms with van der Waals surface area (Å²) in [6.45, 7) is 0. The van der Waals surface area contributed by atoms with Crippen molar-refractivity contribution >= 4 is 17.1 Å². The van der Waals surface area contributed by atoms with Crippen LogP contribution in [0.25, 0.3) is 22.8 Å². The maximum Gasteiger partial charge on any atom is 0.338 e. The number of carbonyl (C=O) groups is 1. The van der Waals surface area contributed by atoms with Gasteiger partial charge in [-0.3, -0.25) is 0 Å². The fraction of sp³-hybridized carbons (Fsp3) is 0. The summed E-state index contributed by atoms with van der Waals surface area (Å²) >= 11 is 0. The molecule has 2 heterocycles. The van der Waals surface area contributed by atoms with Gasteiger partial charge in [-0.15, -0.1) is 0 Å². The van der Waals surface area contributed by atoms with Crippen molar-refractivity contribution in [1.29, 1.82) is 0 Å². The molecule has 84 valence electrons. The first-order valence-corrected chi connectivity index (χ1v) is 4.92. The number of carboxylic acid groups (broad SMARTS) is 1. The van der Waals surface area contributed by atoms with Crippen LogP contribution in [0.4, 0.5) is 0 Å². The zero-order valence-corrected chi connectivity index (χ0v) is 8.58. The van der Waals surface area contributed by atoms with Gasteiger partial charge in [-0.05, 0) is 24.3 Å². The van der Waals surface area contributed by atoms with Gasteiger partial charge in [-0.1, -0.05) is 6.07 Å². The van der Waals surface area contributed by atoms with Crippen LogP contribution >= 0.6 is 0 Å². The van der Waals surface area contributed by atoms with Crippen LogP contribution in [-0.2, 0) is 0 Å². The molecular formula is C12H7NO4. The molecule has 2 aromatic heterocycles. The molecule has 1 N–H and O–H groups in total. The molecule has 0 fully saturated rings. The number of aromatic nitrogens is 1. The maximum atomic E-state index is 11.0. The number of hydrogen-bond acceptors (Lipinski definition) is 4. The lowest BCUT2D eigenvalue weighted by Crippen LogP contribution is -1.96. The monoisotopic (exact) mass is 229 g/mol. The predicted octanol–water partition coefficient (Wildman–Crippen LogP) is 2.79. The van der Waals surface area contributed by atoms with Crippen LogP contribution in [0.15, 0.2) is 45.4 Å². The Morgan fingerprint density at radius 1 is 1.24 bits per heavy atom. The van der Waals surface area contributed by atoms with Crippen molar-refractivity contribution in [2.24, 2.45) is 0 Å². The quantitative estimate of drug-likeness (QED) is 0.731. The average Bonchev–Trinajstić information content (AvgIpc) is 2.96. The predicted molar refractivity (Wildman–Crippen MR) is 58.7 cm³/mol. The van der Waals surface area contributed by atoms with Gasteiger partial charge in [0.05, 0.1) is 11.8 Å². The van der Waals surface area contributed by atoms with Gasteiger partial charge in [-0.25, -0.2) is 9.78 Å². The highest BCUT2D eigenvalue weighted by molar-refractivity contribution is 6.00. The highest BCUT2D eigenvalue weighted by Gasteiger charge is 2.16. The van der Waals surface area contributed by atoms with E-state index in [4.69, 9.17) is 13.9 Å². The van der Waals surface area contributed by atoms with Gasteiger partial charge in [0, 0.05) is 0 Å². The topological polar surface area (TPSA) is 76.5 Å². The zero-order chi connectivity index (χ0) is 11.8. The van der Waals surface area contributed by atoms with Crippen molar-refractivity contribution < 1.29 is 18.7 Å². The molecular weight excluding hydrogens is 222 g/mol. The van der Waals surface area contributed by atoms with Gasteiger partial charge in [0.2, 0.25) is 0 Å². The molecule has 17 heavy (non-hydrogen) atoms. The number of rotatable bonds is 2. The highest BCUT2D eigenvalue weighted by Crippen LogP contribution is 2.26. The molecule has 3 aromatic rings. The van der Waals surface area contributed by atoms with E-state index in [0.29, 0.717) is 16.9 Å². The van der Waals surface area contributed by atoms with Gasteiger partial charge < -0.3 is 13.9 Å². The smallest absolute Gasteiger partial charge is 0.338 e. The summed E-state index contributed by atoms with van der Waals surface area (Å²) in [5.41, 5.74) is 0.867. The van der Waals surface area contributed by atoms with Crippen molar-refractivity contribution in [3.05, 3.63) is 42.2 Å². The van der Waals surface area contributed by atoms with E-state index in [1.807, 2.05) is 0 Å². The van der Waals surface area contributed by atoms with E-state index in [1.54, 1.807) is 24.3 Å². The third kappa shape index (κ3) is 1.48. The SMILES string of the molecule is O=C(O)c1cccc2oc(-c3ccco3)nc12. The number of hydrogen-bond donors (Lipinski definition) is 1. The summed E-state index contributed by atoms with van der Waals surface area (Å²) < 4.78 is 10.6. The number of carboxylic acids is 1. The van der Waals surface area contributed by atoms with E-state index in [-0.39, 0.29) is 11.5 Å². The van der Waals surface area contributed by atoms with Crippen molar-refractivity contribution in [2.75, 3.05) is 0 Å². The minimum atomic E-state index is -1.03. The molecule has 0 aliphatic carbocycles. The molecule has 1 aromatic carbocycles. The summed E-state index contributed by atoms with van der Waals surface area (Å²) in [5.74, 6) is -0.286. The molecule has 0 amide bonds. The molecule has 0 unspecified atom stereocenters. The summed E-state index contributed by atoms with van der Waals surface area (Å²) in [4.78, 5) is 15.1. The Morgan fingerprint density at radius 2 is 2.12 bits per heavy atom. The normalized spacial score (nSPS) is 10.8. The van der Waals surface area contributed by atoms with Crippen LogP contribution in [0.3, 0.4) is 0 Å². The molecule has 0 bridgehead atoms. The molecule has 0 spiro atoms. The molecule has 0 atom stereocenters. The third-order valence-electron chi connectivity index (χ3n) is 2.38. The molecule has 5 heteroatoms. The lowest BCUT2D eigenvalue weighted by Gasteiger charge is -1.92. The fourth-order valence-electron chi connectivity index (χ4n) is 1.63. The zero-order valence-electron chi connectivity index (χ0n) is 8.58. The van der Waals surface area contributed by atoms with E-state index in [1.165, 1.54) is 12.3 Å². The van der Waals surface area contributed by atoms with E-state index in [2.05, 4.69) is 4.98 Å². The minimum absolute atomic E-state index is 0.115. The Bertz CT molecular complexity index is 682. The van der Waals surface area contributed by atoms with Crippen molar-refractivity contribution in [1.82, 2.24) is 4.98 Å². The third-order valence-corrected chi connectivity index (χ3v) is 2.38. The Morgan fingerprint density at radius 3 is 2.82 bits per heavy atom. The minimum Gasteiger partial charge on any atom is -0.478 e. The Hall–Kier alpha value is -2.56. The second kappa shape index (κ2) is 3.48. The van der Waals surface area contributed by atoms with Crippen LogP contribution in [0.2, 0.25) is 0 Å². The Kier molecular flexibility index (Phi) is 1.98. The van der Waals surface area contributed by atoms with E-state index < -0.39 is 5.97 Å². The van der Waals surface area contributed by atoms with Crippen molar-refractivity contribution in [3.8, 4) is 11.7 Å². The van der Waals surface area contributed by atoms with Crippen LogP contribution < -0.4 is 0 Å². The Balaban J connectivity index is 2.26. The fourth-order valence-corrected chi connectivity index (χ4v) is 1.63. The number of fused-ring (bicyclic) bond motifs is 1. The number of nitrogens with zero attached hydrogens (tertiary/aromatic N) is 1. The Labute approximate surface area is 95.3 Å². The first-order valence-electron chi connectivity index (χ1n) is 4.92. The maximum absolute atomic E-state index is 11.0. The van der Waals surface area contributed by atoms with Crippen molar-refractivity contribution in [3.63, 3.8) is 0 Å². The molecule has 0 aliphatic heterocycles. The van der Waals surface area contributed by atoms with Crippen LogP contribution in [0.1, 0.15) is 10.4 Å². The van der Waals surface area contributed by atoms with Gasteiger partial charge in [-0.2, -0.15) is 0 Å². The lowest BCUT2D eigenvalue weighted by molar-refractivity contribution is 0.0699. The first-order chi connectivity index (χ1) is 8.25. The second-order valence-electron chi connectivity index (χ2n) is 3.45. The largest absolute Gasteiger partial charge is 0.478 e. The molecule has 0 radical (unpaired) electrons. The second-order valence-corrected chi connectivity index (χ2v) is 3.45. The van der Waals surface area contributed by atoms with Crippen LogP contribution in [0.5, 0.6) is 0 Å². The number of furan rings is 1. The highest BCUT2D eigenvalue weighted by atomic mass is 16.4. The average molecular weight is 229 g/mol. The van der Waals surface area contributed by atoms with Crippen LogP contribution in [-0.4, -0.2) is 16.1 Å². The van der Waals surface area contributed by atoms with Gasteiger partial charge in [0.25, 0.3) is 5.89 Å². The number of aromatic carboxylic acids is 1. The van der Waals surface area contributed by atoms with Crippen molar-refractivity contribution in [2.45, 2.75) is 0 Å². The van der Waals surface area contributed by atoms with Gasteiger partial charge >= 0.3 is 5.97 Å². The molecule has 0 aliphatic rings. The van der Waals surface area contributed by atoms with E-state index >= 15 is 0 Å². The summed E-state index contributed by atoms with van der Waals surface area (Å²) in [6, 6.07) is 8.18. The van der Waals surface area contributed by atoms with Crippen LogP contribution in [0, 0.1) is 0 Å². The van der Waals surface area contributed by atoms with E-state index in [0.717, 1.165) is 0 Å². The molecule has 5 nitrogen and oxygen atoms in total. The molecule has 3 rings (SSSR count). The number of para-hydroxylation sites is 1. The standard InChI is InChI=1S/C12H7NO4/c14-12(15)7-3-1-4-8-10(7)13-11(17-8)9-5-2-6-16-9/h1-6H,(H,14,15). The number of benzene rings is 1. The summed E-state index contributed by atoms with van der Waals surface area (Å²) in [7, 11) is 0. The van der Waals surface area contributed by atoms with Gasteiger partial charge in [0.15, 0.2) is 11.3 Å². The molecule has 0 saturated carbocycles.